The van der Waals surface area contributed by atoms with Crippen molar-refractivity contribution >= 4 is 33.0 Å². The summed E-state index contributed by atoms with van der Waals surface area (Å²) < 4.78 is 28.4. The first-order valence-corrected chi connectivity index (χ1v) is 10.8. The Kier molecular flexibility index (Phi) is 5.31. The van der Waals surface area contributed by atoms with Crippen LogP contribution in [0.4, 0.5) is 0 Å². The quantitative estimate of drug-likeness (QED) is 0.688. The van der Waals surface area contributed by atoms with Crippen LogP contribution in [0.5, 0.6) is 0 Å². The van der Waals surface area contributed by atoms with Gasteiger partial charge in [0.1, 0.15) is 0 Å². The molecule has 0 atom stereocenters. The lowest BCUT2D eigenvalue weighted by Crippen LogP contribution is -2.23. The Hall–Kier alpha value is -1.93. The molecule has 3 aromatic rings. The maximum absolute atomic E-state index is 12.7. The summed E-state index contributed by atoms with van der Waals surface area (Å²) in [7, 11) is 1.29. The molecular weight excluding hydrogens is 402 g/mol. The molecule has 0 aliphatic heterocycles. The maximum atomic E-state index is 12.7. The number of hydrogen-bond donors (Lipinski definition) is 1. The minimum Gasteiger partial charge on any atom is -0.319 e. The fraction of sp³-hybridized carbons (Fsp3) is 0.211. The molecular formula is C19H20ClN3O2S2. The van der Waals surface area contributed by atoms with Gasteiger partial charge in [0.2, 0.25) is 10.0 Å². The first kappa shape index (κ1) is 19.8. The summed E-state index contributed by atoms with van der Waals surface area (Å²) >= 11 is 7.35. The van der Waals surface area contributed by atoms with E-state index in [-0.39, 0.29) is 4.90 Å². The number of rotatable bonds is 4. The Morgan fingerprint density at radius 3 is 2.26 bits per heavy atom. The minimum absolute atomic E-state index is 0.268. The molecule has 1 N–H and O–H groups in total. The van der Waals surface area contributed by atoms with Crippen LogP contribution < -0.4 is 4.80 Å². The summed E-state index contributed by atoms with van der Waals surface area (Å²) in [6.45, 7) is 1.78. The van der Waals surface area contributed by atoms with E-state index >= 15 is 0 Å². The van der Waals surface area contributed by atoms with Crippen LogP contribution in [0.3, 0.4) is 0 Å². The average molecular weight is 422 g/mol. The summed E-state index contributed by atoms with van der Waals surface area (Å²) in [6, 6.07) is 12.8. The van der Waals surface area contributed by atoms with Crippen molar-refractivity contribution in [2.24, 2.45) is 7.05 Å². The maximum Gasteiger partial charge on any atom is 0.242 e. The largest absolute Gasteiger partial charge is 0.319 e. The topological polar surface area (TPSA) is 66.2 Å². The van der Waals surface area contributed by atoms with Gasteiger partial charge in [0.15, 0.2) is 4.80 Å². The predicted molar refractivity (Wildman–Crippen MR) is 111 cm³/mol. The molecule has 2 aromatic carbocycles. The molecule has 5 nitrogen and oxygen atoms in total. The summed E-state index contributed by atoms with van der Waals surface area (Å²) in [5.74, 6) is 0. The molecule has 0 saturated heterocycles. The predicted octanol–water partition coefficient (Wildman–Crippen LogP) is 4.11. The van der Waals surface area contributed by atoms with Gasteiger partial charge in [-0.1, -0.05) is 47.2 Å². The van der Waals surface area contributed by atoms with Gasteiger partial charge in [0, 0.05) is 31.7 Å². The Morgan fingerprint density at radius 1 is 1.07 bits per heavy atom. The van der Waals surface area contributed by atoms with Crippen molar-refractivity contribution in [1.29, 1.82) is 5.41 Å². The van der Waals surface area contributed by atoms with Gasteiger partial charge in [-0.15, -0.1) is 0 Å². The Bertz CT molecular complexity index is 1160. The number of aryl methyl sites for hydroxylation is 1. The van der Waals surface area contributed by atoms with Crippen LogP contribution in [0.2, 0.25) is 5.02 Å². The fourth-order valence-corrected chi connectivity index (χ4v) is 5.11. The van der Waals surface area contributed by atoms with Crippen LogP contribution in [0, 0.1) is 12.3 Å². The number of nitrogens with zero attached hydrogens (tertiary/aromatic N) is 2. The second-order valence-corrected chi connectivity index (χ2v) is 9.97. The summed E-state index contributed by atoms with van der Waals surface area (Å²) in [5.41, 5.74) is 3.18. The first-order chi connectivity index (χ1) is 12.6. The zero-order chi connectivity index (χ0) is 19.9. The Morgan fingerprint density at radius 2 is 1.67 bits per heavy atom. The molecule has 27 heavy (non-hydrogen) atoms. The van der Waals surface area contributed by atoms with Crippen molar-refractivity contribution in [3.8, 4) is 21.7 Å². The van der Waals surface area contributed by atoms with Crippen molar-refractivity contribution < 1.29 is 8.42 Å². The SMILES string of the molecule is Cc1ccc(-c2c(-c3ccc(Cl)cc3)sc(=N)n2C)cc1S(=O)(=O)N(C)C. The van der Waals surface area contributed by atoms with Crippen LogP contribution in [-0.2, 0) is 17.1 Å². The smallest absolute Gasteiger partial charge is 0.242 e. The summed E-state index contributed by atoms with van der Waals surface area (Å²) in [4.78, 5) is 1.55. The van der Waals surface area contributed by atoms with Crippen molar-refractivity contribution in [3.05, 3.63) is 57.9 Å². The van der Waals surface area contributed by atoms with E-state index in [0.29, 0.717) is 15.4 Å². The van der Waals surface area contributed by atoms with E-state index in [9.17, 15) is 8.42 Å². The second-order valence-electron chi connectivity index (χ2n) is 6.42. The molecule has 8 heteroatoms. The molecule has 0 fully saturated rings. The van der Waals surface area contributed by atoms with Gasteiger partial charge in [-0.3, -0.25) is 5.41 Å². The van der Waals surface area contributed by atoms with E-state index in [1.54, 1.807) is 35.8 Å². The summed E-state index contributed by atoms with van der Waals surface area (Å²) in [6.07, 6.45) is 0. The molecule has 0 aliphatic rings. The number of hydrogen-bond acceptors (Lipinski definition) is 4. The highest BCUT2D eigenvalue weighted by molar-refractivity contribution is 7.89. The van der Waals surface area contributed by atoms with E-state index in [2.05, 4.69) is 0 Å². The van der Waals surface area contributed by atoms with Crippen molar-refractivity contribution in [2.75, 3.05) is 14.1 Å². The highest BCUT2D eigenvalue weighted by Crippen LogP contribution is 2.36. The lowest BCUT2D eigenvalue weighted by atomic mass is 10.1. The number of halogens is 1. The number of thiazole rings is 1. The lowest BCUT2D eigenvalue weighted by molar-refractivity contribution is 0.520. The average Bonchev–Trinajstić information content (AvgIpc) is 2.91. The van der Waals surface area contributed by atoms with E-state index in [4.69, 9.17) is 17.0 Å². The van der Waals surface area contributed by atoms with E-state index in [1.165, 1.54) is 29.7 Å². The van der Waals surface area contributed by atoms with Crippen LogP contribution in [0.25, 0.3) is 21.7 Å². The van der Waals surface area contributed by atoms with Crippen LogP contribution >= 0.6 is 22.9 Å². The fourth-order valence-electron chi connectivity index (χ4n) is 2.81. The minimum atomic E-state index is -3.56. The van der Waals surface area contributed by atoms with Crippen LogP contribution in [0.1, 0.15) is 5.56 Å². The standard InChI is InChI=1S/C19H20ClN3O2S2/c1-12-5-6-14(11-16(12)27(24,25)22(2)3)17-18(26-19(21)23(17)4)13-7-9-15(20)10-8-13/h5-11,21H,1-4H3. The van der Waals surface area contributed by atoms with Gasteiger partial charge in [-0.05, 0) is 36.2 Å². The van der Waals surface area contributed by atoms with Gasteiger partial charge >= 0.3 is 0 Å². The van der Waals surface area contributed by atoms with Crippen molar-refractivity contribution in [2.45, 2.75) is 11.8 Å². The van der Waals surface area contributed by atoms with Crippen LogP contribution in [0.15, 0.2) is 47.4 Å². The highest BCUT2D eigenvalue weighted by Gasteiger charge is 2.22. The number of nitrogens with one attached hydrogen (secondary N) is 1. The third-order valence-electron chi connectivity index (χ3n) is 4.38. The normalized spacial score (nSPS) is 11.9. The lowest BCUT2D eigenvalue weighted by Gasteiger charge is -2.15. The second kappa shape index (κ2) is 7.24. The molecule has 3 rings (SSSR count). The molecule has 142 valence electrons. The molecule has 0 unspecified atom stereocenters. The van der Waals surface area contributed by atoms with Crippen molar-refractivity contribution in [3.63, 3.8) is 0 Å². The monoisotopic (exact) mass is 421 g/mol. The molecule has 1 aromatic heterocycles. The van der Waals surface area contributed by atoms with Gasteiger partial charge in [-0.2, -0.15) is 0 Å². The summed E-state index contributed by atoms with van der Waals surface area (Å²) in [5, 5.41) is 8.88. The van der Waals surface area contributed by atoms with E-state index < -0.39 is 10.0 Å². The number of sulfonamides is 1. The molecule has 0 aliphatic carbocycles. The van der Waals surface area contributed by atoms with E-state index in [0.717, 1.165) is 21.7 Å². The molecule has 1 heterocycles. The first-order valence-electron chi connectivity index (χ1n) is 8.17. The van der Waals surface area contributed by atoms with Gasteiger partial charge < -0.3 is 4.57 Å². The van der Waals surface area contributed by atoms with Gasteiger partial charge in [0.05, 0.1) is 15.5 Å². The molecule has 0 saturated carbocycles. The van der Waals surface area contributed by atoms with E-state index in [1.807, 2.05) is 25.2 Å². The third kappa shape index (κ3) is 3.60. The number of aromatic nitrogens is 1. The number of benzene rings is 2. The van der Waals surface area contributed by atoms with Gasteiger partial charge in [0.25, 0.3) is 0 Å². The zero-order valence-electron chi connectivity index (χ0n) is 15.4. The highest BCUT2D eigenvalue weighted by atomic mass is 35.5. The Labute approximate surface area is 168 Å². The molecule has 0 radical (unpaired) electrons. The third-order valence-corrected chi connectivity index (χ3v) is 7.69. The van der Waals surface area contributed by atoms with Gasteiger partial charge in [-0.25, -0.2) is 12.7 Å². The molecule has 0 spiro atoms. The Balaban J connectivity index is 2.27. The van der Waals surface area contributed by atoms with Crippen LogP contribution in [-0.4, -0.2) is 31.4 Å². The molecule has 0 bridgehead atoms. The van der Waals surface area contributed by atoms with Crippen molar-refractivity contribution in [1.82, 2.24) is 8.87 Å². The molecule has 0 amide bonds. The zero-order valence-corrected chi connectivity index (χ0v) is 17.8.